The average molecular weight is 220 g/mol. The van der Waals surface area contributed by atoms with Gasteiger partial charge in [0.25, 0.3) is 0 Å². The second kappa shape index (κ2) is 3.72. The maximum absolute atomic E-state index is 12.1. The summed E-state index contributed by atoms with van der Waals surface area (Å²) in [6, 6.07) is 0.210. The van der Waals surface area contributed by atoms with Gasteiger partial charge in [-0.2, -0.15) is 5.10 Å². The molecule has 88 valence electrons. The van der Waals surface area contributed by atoms with Crippen molar-refractivity contribution in [1.29, 1.82) is 0 Å². The minimum Gasteiger partial charge on any atom is -0.306 e. The summed E-state index contributed by atoms with van der Waals surface area (Å²) in [6.07, 6.45) is 3.71. The number of carbonyl (C=O) groups is 1. The van der Waals surface area contributed by atoms with Crippen LogP contribution in [0.25, 0.3) is 0 Å². The molecule has 1 aliphatic carbocycles. The van der Waals surface area contributed by atoms with Gasteiger partial charge in [0.05, 0.1) is 17.7 Å². The van der Waals surface area contributed by atoms with Gasteiger partial charge in [-0.05, 0) is 31.8 Å². The first-order chi connectivity index (χ1) is 7.39. The molecule has 1 heterocycles. The zero-order valence-corrected chi connectivity index (χ0v) is 10.5. The Hall–Kier alpha value is -1.12. The van der Waals surface area contributed by atoms with Gasteiger partial charge < -0.3 is 5.43 Å². The minimum absolute atomic E-state index is 0.0112. The van der Waals surface area contributed by atoms with Crippen LogP contribution in [0.3, 0.4) is 0 Å². The lowest BCUT2D eigenvalue weighted by molar-refractivity contribution is -0.126. The van der Waals surface area contributed by atoms with Crippen LogP contribution in [0.15, 0.2) is 16.8 Å². The molecule has 1 saturated carbocycles. The molecule has 2 rings (SSSR count). The Morgan fingerprint density at radius 3 is 2.81 bits per heavy atom. The number of ketones is 1. The fourth-order valence-corrected chi connectivity index (χ4v) is 2.73. The third kappa shape index (κ3) is 2.04. The van der Waals surface area contributed by atoms with Gasteiger partial charge in [-0.1, -0.05) is 19.4 Å². The maximum atomic E-state index is 12.1. The molecule has 1 N–H and O–H groups in total. The fourth-order valence-electron chi connectivity index (χ4n) is 2.73. The molecular formula is C13H20N2O. The Kier molecular flexibility index (Phi) is 2.64. The summed E-state index contributed by atoms with van der Waals surface area (Å²) in [5.74, 6) is 0.324. The SMILES string of the molecule is CC(C)=CC1=NN[C@H]2CC(C)(C)CC(=O)[C@H]12. The summed E-state index contributed by atoms with van der Waals surface area (Å²) in [7, 11) is 0. The molecule has 0 aromatic heterocycles. The smallest absolute Gasteiger partial charge is 0.144 e. The fraction of sp³-hybridized carbons (Fsp3) is 0.692. The van der Waals surface area contributed by atoms with E-state index in [1.807, 2.05) is 19.9 Å². The van der Waals surface area contributed by atoms with Crippen molar-refractivity contribution in [3.05, 3.63) is 11.6 Å². The largest absolute Gasteiger partial charge is 0.306 e. The molecule has 0 aromatic carbocycles. The molecule has 3 heteroatoms. The summed E-state index contributed by atoms with van der Waals surface area (Å²) < 4.78 is 0. The quantitative estimate of drug-likeness (QED) is 0.736. The lowest BCUT2D eigenvalue weighted by Crippen LogP contribution is -2.45. The van der Waals surface area contributed by atoms with Gasteiger partial charge in [-0.25, -0.2) is 0 Å². The minimum atomic E-state index is -0.0112. The number of Topliss-reactive ketones (excluding diaryl/α,β-unsaturated/α-hetero) is 1. The predicted octanol–water partition coefficient (Wildman–Crippen LogP) is 2.29. The third-order valence-electron chi connectivity index (χ3n) is 3.29. The van der Waals surface area contributed by atoms with E-state index in [0.29, 0.717) is 12.2 Å². The van der Waals surface area contributed by atoms with Crippen molar-refractivity contribution in [2.75, 3.05) is 0 Å². The highest BCUT2D eigenvalue weighted by Crippen LogP contribution is 2.38. The van der Waals surface area contributed by atoms with Crippen LogP contribution in [-0.4, -0.2) is 17.5 Å². The van der Waals surface area contributed by atoms with Crippen LogP contribution < -0.4 is 5.43 Å². The van der Waals surface area contributed by atoms with Crippen LogP contribution in [0.2, 0.25) is 0 Å². The molecule has 0 saturated heterocycles. The lowest BCUT2D eigenvalue weighted by atomic mass is 9.69. The van der Waals surface area contributed by atoms with Crippen molar-refractivity contribution in [3.8, 4) is 0 Å². The van der Waals surface area contributed by atoms with Crippen LogP contribution >= 0.6 is 0 Å². The topological polar surface area (TPSA) is 41.5 Å². The van der Waals surface area contributed by atoms with E-state index in [1.165, 1.54) is 5.57 Å². The molecule has 1 fully saturated rings. The van der Waals surface area contributed by atoms with E-state index in [1.54, 1.807) is 0 Å². The molecule has 0 spiro atoms. The average Bonchev–Trinajstić information content (AvgIpc) is 2.44. The first-order valence-corrected chi connectivity index (χ1v) is 5.90. The van der Waals surface area contributed by atoms with Gasteiger partial charge in [0.15, 0.2) is 0 Å². The van der Waals surface area contributed by atoms with Crippen molar-refractivity contribution in [3.63, 3.8) is 0 Å². The van der Waals surface area contributed by atoms with E-state index in [-0.39, 0.29) is 17.4 Å². The summed E-state index contributed by atoms with van der Waals surface area (Å²) in [6.45, 7) is 8.38. The number of fused-ring (bicyclic) bond motifs is 1. The Morgan fingerprint density at radius 2 is 2.19 bits per heavy atom. The van der Waals surface area contributed by atoms with Crippen molar-refractivity contribution in [2.45, 2.75) is 46.6 Å². The highest BCUT2D eigenvalue weighted by Gasteiger charge is 2.45. The number of rotatable bonds is 1. The zero-order chi connectivity index (χ0) is 11.9. The summed E-state index contributed by atoms with van der Waals surface area (Å²) in [5, 5.41) is 4.31. The molecule has 0 radical (unpaired) electrons. The van der Waals surface area contributed by atoms with E-state index in [2.05, 4.69) is 24.4 Å². The maximum Gasteiger partial charge on any atom is 0.144 e. The Bertz CT molecular complexity index is 375. The van der Waals surface area contributed by atoms with Gasteiger partial charge in [-0.15, -0.1) is 0 Å². The number of allylic oxidation sites excluding steroid dienone is 2. The third-order valence-corrected chi connectivity index (χ3v) is 3.29. The molecule has 2 atom stereocenters. The van der Waals surface area contributed by atoms with E-state index >= 15 is 0 Å². The van der Waals surface area contributed by atoms with Gasteiger partial charge in [-0.3, -0.25) is 4.79 Å². The van der Waals surface area contributed by atoms with Crippen LogP contribution in [0.4, 0.5) is 0 Å². The number of hydrazone groups is 1. The normalized spacial score (nSPS) is 31.5. The Labute approximate surface area is 97.0 Å². The molecule has 3 nitrogen and oxygen atoms in total. The van der Waals surface area contributed by atoms with E-state index in [0.717, 1.165) is 12.1 Å². The molecule has 2 aliphatic rings. The number of nitrogens with zero attached hydrogens (tertiary/aromatic N) is 1. The van der Waals surface area contributed by atoms with Crippen molar-refractivity contribution in [1.82, 2.24) is 5.43 Å². The molecule has 0 bridgehead atoms. The van der Waals surface area contributed by atoms with Crippen molar-refractivity contribution in [2.24, 2.45) is 16.4 Å². The van der Waals surface area contributed by atoms with Crippen LogP contribution in [0.5, 0.6) is 0 Å². The Balaban J connectivity index is 2.22. The van der Waals surface area contributed by atoms with Gasteiger partial charge in [0.2, 0.25) is 0 Å². The number of hydrogen-bond donors (Lipinski definition) is 1. The van der Waals surface area contributed by atoms with Crippen LogP contribution in [0, 0.1) is 11.3 Å². The molecule has 0 unspecified atom stereocenters. The second-order valence-electron chi connectivity index (χ2n) is 5.98. The van der Waals surface area contributed by atoms with E-state index in [9.17, 15) is 4.79 Å². The molecule has 1 aliphatic heterocycles. The first kappa shape index (κ1) is 11.4. The van der Waals surface area contributed by atoms with Crippen LogP contribution in [-0.2, 0) is 4.79 Å². The predicted molar refractivity (Wildman–Crippen MR) is 65.3 cm³/mol. The highest BCUT2D eigenvalue weighted by atomic mass is 16.1. The molecular weight excluding hydrogens is 200 g/mol. The summed E-state index contributed by atoms with van der Waals surface area (Å²) in [5.41, 5.74) is 5.35. The van der Waals surface area contributed by atoms with Gasteiger partial charge in [0, 0.05) is 6.42 Å². The highest BCUT2D eigenvalue weighted by molar-refractivity contribution is 6.12. The Morgan fingerprint density at radius 1 is 1.50 bits per heavy atom. The molecule has 16 heavy (non-hydrogen) atoms. The van der Waals surface area contributed by atoms with E-state index in [4.69, 9.17) is 0 Å². The van der Waals surface area contributed by atoms with E-state index < -0.39 is 0 Å². The lowest BCUT2D eigenvalue weighted by Gasteiger charge is -2.35. The second-order valence-corrected chi connectivity index (χ2v) is 5.98. The molecule has 0 aromatic rings. The number of nitrogens with one attached hydrogen (secondary N) is 1. The van der Waals surface area contributed by atoms with Gasteiger partial charge >= 0.3 is 0 Å². The zero-order valence-electron chi connectivity index (χ0n) is 10.5. The monoisotopic (exact) mass is 220 g/mol. The first-order valence-electron chi connectivity index (χ1n) is 5.90. The summed E-state index contributed by atoms with van der Waals surface area (Å²) in [4.78, 5) is 12.1. The van der Waals surface area contributed by atoms with Crippen molar-refractivity contribution >= 4 is 11.5 Å². The van der Waals surface area contributed by atoms with Crippen molar-refractivity contribution < 1.29 is 4.79 Å². The number of hydrogen-bond acceptors (Lipinski definition) is 3. The molecule has 0 amide bonds. The summed E-state index contributed by atoms with van der Waals surface area (Å²) >= 11 is 0. The van der Waals surface area contributed by atoms with Crippen LogP contribution in [0.1, 0.15) is 40.5 Å². The van der Waals surface area contributed by atoms with Gasteiger partial charge in [0.1, 0.15) is 5.78 Å². The standard InChI is InChI=1S/C13H20N2O/c1-8(2)5-9-12-10(15-14-9)6-13(3,4)7-11(12)16/h5,10,12,15H,6-7H2,1-4H3/t10-,12+/m0/s1. The number of carbonyl (C=O) groups excluding carboxylic acids is 1.